The van der Waals surface area contributed by atoms with E-state index in [2.05, 4.69) is 31.7 Å². The second-order valence-electron chi connectivity index (χ2n) is 10.1. The molecule has 10 nitrogen and oxygen atoms in total. The molecular formula is C28H29N7O3. The minimum Gasteiger partial charge on any atom is -0.481 e. The largest absolute Gasteiger partial charge is 0.481 e. The van der Waals surface area contributed by atoms with Gasteiger partial charge in [-0.05, 0) is 49.3 Å². The van der Waals surface area contributed by atoms with Gasteiger partial charge in [0.2, 0.25) is 5.88 Å². The Morgan fingerprint density at radius 1 is 1.29 bits per heavy atom. The maximum Gasteiger partial charge on any atom is 0.314 e. The molecule has 0 amide bonds. The van der Waals surface area contributed by atoms with Crippen LogP contribution in [-0.2, 0) is 10.2 Å². The molecule has 0 unspecified atom stereocenters. The van der Waals surface area contributed by atoms with Gasteiger partial charge in [0.05, 0.1) is 40.7 Å². The summed E-state index contributed by atoms with van der Waals surface area (Å²) in [5.41, 5.74) is 1.60. The van der Waals surface area contributed by atoms with E-state index >= 15 is 0 Å². The number of allylic oxidation sites excluding steroid dienone is 4. The van der Waals surface area contributed by atoms with Gasteiger partial charge in [0.25, 0.3) is 0 Å². The van der Waals surface area contributed by atoms with E-state index in [0.717, 1.165) is 18.4 Å². The zero-order valence-corrected chi connectivity index (χ0v) is 21.3. The van der Waals surface area contributed by atoms with Crippen LogP contribution in [0.25, 0.3) is 5.57 Å². The molecule has 0 radical (unpaired) electrons. The minimum absolute atomic E-state index is 0.206. The Bertz CT molecular complexity index is 1410. The lowest BCUT2D eigenvalue weighted by atomic mass is 9.72. The van der Waals surface area contributed by atoms with Gasteiger partial charge in [-0.1, -0.05) is 25.1 Å². The number of hydrogen-bond acceptors (Lipinski definition) is 9. The third-order valence-electron chi connectivity index (χ3n) is 7.32. The van der Waals surface area contributed by atoms with E-state index in [1.54, 1.807) is 25.6 Å². The standard InChI is InChI=1S/C28H29N7O3/c1-27(8-7-21(17(11-27)12-29)28(9-10-28)26(36)37)18-3-6-22(33-14-18)20(13-30)25(31-2)35-23-15-32-16-24(34-23)38-19-4-5-19/h3,6-7,11,13-16,19,30-31H,4-5,8-10H2,1-2H3,(H,34,35)(H,36,37)/b25-20-,30-13?/t27-/m1/s1. The average molecular weight is 512 g/mol. The number of nitriles is 1. The summed E-state index contributed by atoms with van der Waals surface area (Å²) in [6, 6.07) is 5.98. The molecule has 0 aliphatic heterocycles. The number of aliphatic carboxylic acids is 1. The highest BCUT2D eigenvalue weighted by molar-refractivity contribution is 6.09. The molecule has 4 N–H and O–H groups in total. The number of anilines is 1. The van der Waals surface area contributed by atoms with Gasteiger partial charge in [0, 0.05) is 24.9 Å². The van der Waals surface area contributed by atoms with Gasteiger partial charge in [0.15, 0.2) is 5.82 Å². The Morgan fingerprint density at radius 3 is 2.66 bits per heavy atom. The normalized spacial score (nSPS) is 22.1. The zero-order chi connectivity index (χ0) is 26.9. The van der Waals surface area contributed by atoms with Crippen molar-refractivity contribution in [1.82, 2.24) is 20.3 Å². The maximum atomic E-state index is 11.8. The molecule has 3 aliphatic carbocycles. The number of ether oxygens (including phenoxy) is 1. The van der Waals surface area contributed by atoms with Crippen LogP contribution in [0.1, 0.15) is 50.3 Å². The zero-order valence-electron chi connectivity index (χ0n) is 21.3. The van der Waals surface area contributed by atoms with Crippen LogP contribution >= 0.6 is 0 Å². The lowest BCUT2D eigenvalue weighted by molar-refractivity contribution is -0.141. The Balaban J connectivity index is 1.38. The number of nitrogens with one attached hydrogen (secondary N) is 3. The highest BCUT2D eigenvalue weighted by Gasteiger charge is 2.55. The number of carbonyl (C=O) groups is 1. The van der Waals surface area contributed by atoms with Gasteiger partial charge >= 0.3 is 5.97 Å². The van der Waals surface area contributed by atoms with Crippen molar-refractivity contribution in [3.63, 3.8) is 0 Å². The fraction of sp³-hybridized carbons (Fsp3) is 0.357. The number of nitrogens with zero attached hydrogens (tertiary/aromatic N) is 4. The molecule has 2 saturated carbocycles. The summed E-state index contributed by atoms with van der Waals surface area (Å²) in [4.78, 5) is 25.1. The van der Waals surface area contributed by atoms with Gasteiger partial charge < -0.3 is 25.9 Å². The third kappa shape index (κ3) is 4.75. The molecule has 2 aromatic heterocycles. The third-order valence-corrected chi connectivity index (χ3v) is 7.32. The fourth-order valence-electron chi connectivity index (χ4n) is 4.73. The van der Waals surface area contributed by atoms with E-state index in [9.17, 15) is 15.2 Å². The maximum absolute atomic E-state index is 11.8. The molecule has 2 aromatic rings. The van der Waals surface area contributed by atoms with Crippen molar-refractivity contribution in [1.29, 1.82) is 10.7 Å². The molecule has 0 saturated heterocycles. The van der Waals surface area contributed by atoms with Crippen LogP contribution in [0.5, 0.6) is 5.88 Å². The molecule has 1 atom stereocenters. The van der Waals surface area contributed by atoms with E-state index in [0.29, 0.717) is 59.2 Å². The molecule has 0 bridgehead atoms. The molecule has 5 rings (SSSR count). The highest BCUT2D eigenvalue weighted by Crippen LogP contribution is 2.56. The predicted molar refractivity (Wildman–Crippen MR) is 141 cm³/mol. The van der Waals surface area contributed by atoms with Crippen molar-refractivity contribution >= 4 is 23.6 Å². The summed E-state index contributed by atoms with van der Waals surface area (Å²) in [6.45, 7) is 2.01. The molecule has 38 heavy (non-hydrogen) atoms. The Hall–Kier alpha value is -4.52. The molecule has 2 fully saturated rings. The molecule has 194 valence electrons. The van der Waals surface area contributed by atoms with E-state index in [1.807, 2.05) is 31.2 Å². The van der Waals surface area contributed by atoms with Crippen LogP contribution in [0.2, 0.25) is 0 Å². The number of carboxylic acids is 1. The van der Waals surface area contributed by atoms with Crippen molar-refractivity contribution in [2.45, 2.75) is 50.5 Å². The van der Waals surface area contributed by atoms with Crippen LogP contribution < -0.4 is 15.4 Å². The van der Waals surface area contributed by atoms with Gasteiger partial charge in [-0.15, -0.1) is 0 Å². The van der Waals surface area contributed by atoms with Gasteiger partial charge in [-0.3, -0.25) is 14.8 Å². The van der Waals surface area contributed by atoms with Crippen molar-refractivity contribution in [3.05, 3.63) is 71.1 Å². The fourth-order valence-corrected chi connectivity index (χ4v) is 4.73. The average Bonchev–Trinajstić information content (AvgIpc) is 3.85. The number of aromatic nitrogens is 3. The van der Waals surface area contributed by atoms with E-state index in [-0.39, 0.29) is 6.10 Å². The lowest BCUT2D eigenvalue weighted by Crippen LogP contribution is -2.27. The van der Waals surface area contributed by atoms with Crippen molar-refractivity contribution < 1.29 is 14.6 Å². The summed E-state index contributed by atoms with van der Waals surface area (Å²) >= 11 is 0. The molecule has 2 heterocycles. The second kappa shape index (κ2) is 9.74. The lowest BCUT2D eigenvalue weighted by Gasteiger charge is -2.31. The number of carboxylic acid groups (broad SMARTS) is 1. The molecule has 10 heteroatoms. The van der Waals surface area contributed by atoms with E-state index in [4.69, 9.17) is 10.1 Å². The first-order valence-electron chi connectivity index (χ1n) is 12.5. The Labute approximate surface area is 220 Å². The van der Waals surface area contributed by atoms with Crippen molar-refractivity contribution in [2.24, 2.45) is 5.41 Å². The van der Waals surface area contributed by atoms with Crippen molar-refractivity contribution in [2.75, 3.05) is 12.4 Å². The number of hydrogen-bond donors (Lipinski definition) is 4. The van der Waals surface area contributed by atoms with Crippen LogP contribution in [0.15, 0.2) is 59.8 Å². The monoisotopic (exact) mass is 511 g/mol. The quantitative estimate of drug-likeness (QED) is 0.347. The summed E-state index contributed by atoms with van der Waals surface area (Å²) < 4.78 is 5.72. The Kier molecular flexibility index (Phi) is 6.45. The molecule has 3 aliphatic rings. The summed E-state index contributed by atoms with van der Waals surface area (Å²) in [5, 5.41) is 33.8. The first-order chi connectivity index (χ1) is 18.3. The van der Waals surface area contributed by atoms with Gasteiger partial charge in [-0.25, -0.2) is 0 Å². The molecule has 0 spiro atoms. The Morgan fingerprint density at radius 2 is 2.08 bits per heavy atom. The summed E-state index contributed by atoms with van der Waals surface area (Å²) in [5.74, 6) is 0.590. The first-order valence-corrected chi connectivity index (χ1v) is 12.5. The SMILES string of the molecule is CN/C(Nc1cncc(OC2CC2)n1)=C(\C=N)c1ccc([C@@]2(C)C=C(C#N)C(C3(C(=O)O)CC3)=CC2)cn1. The minimum atomic E-state index is -0.918. The van der Waals surface area contributed by atoms with E-state index in [1.165, 1.54) is 6.21 Å². The van der Waals surface area contributed by atoms with E-state index < -0.39 is 16.8 Å². The van der Waals surface area contributed by atoms with Gasteiger partial charge in [-0.2, -0.15) is 10.2 Å². The van der Waals surface area contributed by atoms with Crippen molar-refractivity contribution in [3.8, 4) is 11.9 Å². The second-order valence-corrected chi connectivity index (χ2v) is 10.1. The molecule has 0 aromatic carbocycles. The first kappa shape index (κ1) is 25.1. The van der Waals surface area contributed by atoms with Crippen LogP contribution in [-0.4, -0.2) is 45.4 Å². The predicted octanol–water partition coefficient (Wildman–Crippen LogP) is 3.97. The molecular weight excluding hydrogens is 482 g/mol. The summed E-state index contributed by atoms with van der Waals surface area (Å²) in [7, 11) is 1.74. The van der Waals surface area contributed by atoms with Gasteiger partial charge in [0.1, 0.15) is 11.9 Å². The summed E-state index contributed by atoms with van der Waals surface area (Å²) in [6.07, 6.45) is 13.8. The van der Waals surface area contributed by atoms with Crippen LogP contribution in [0.4, 0.5) is 5.82 Å². The smallest absolute Gasteiger partial charge is 0.314 e. The number of rotatable bonds is 10. The highest BCUT2D eigenvalue weighted by atomic mass is 16.5. The number of pyridine rings is 1. The van der Waals surface area contributed by atoms with Crippen LogP contribution in [0, 0.1) is 22.2 Å². The topological polar surface area (TPSA) is 157 Å². The van der Waals surface area contributed by atoms with Crippen LogP contribution in [0.3, 0.4) is 0 Å².